The molecule has 0 radical (unpaired) electrons. The molecule has 1 aromatic carbocycles. The van der Waals surface area contributed by atoms with Gasteiger partial charge >= 0.3 is 0 Å². The Morgan fingerprint density at radius 3 is 2.60 bits per heavy atom. The van der Waals surface area contributed by atoms with Crippen molar-refractivity contribution in [2.24, 2.45) is 0 Å². The Kier molecular flexibility index (Phi) is 3.46. The number of anilines is 1. The molecule has 0 aliphatic carbocycles. The lowest BCUT2D eigenvalue weighted by Crippen LogP contribution is -2.02. The fourth-order valence-electron chi connectivity index (χ4n) is 1.94. The molecule has 4 nitrogen and oxygen atoms in total. The van der Waals surface area contributed by atoms with Gasteiger partial charge in [0.2, 0.25) is 0 Å². The third-order valence-corrected chi connectivity index (χ3v) is 3.10. The van der Waals surface area contributed by atoms with Crippen LogP contribution in [0.15, 0.2) is 61.1 Å². The van der Waals surface area contributed by atoms with Crippen molar-refractivity contribution in [3.8, 4) is 5.82 Å². The number of nitrogens with one attached hydrogen (secondary N) is 1. The van der Waals surface area contributed by atoms with Crippen molar-refractivity contribution >= 4 is 5.69 Å². The molecule has 0 spiro atoms. The van der Waals surface area contributed by atoms with Crippen LogP contribution in [0, 0.1) is 6.92 Å². The second-order valence-electron chi connectivity index (χ2n) is 4.69. The molecule has 0 unspecified atom stereocenters. The topological polar surface area (TPSA) is 42.7 Å². The minimum atomic E-state index is 0.795. The van der Waals surface area contributed by atoms with Crippen molar-refractivity contribution < 1.29 is 0 Å². The quantitative estimate of drug-likeness (QED) is 0.787. The van der Waals surface area contributed by atoms with E-state index in [1.807, 2.05) is 30.6 Å². The van der Waals surface area contributed by atoms with Crippen molar-refractivity contribution in [3.05, 3.63) is 72.2 Å². The molecule has 3 rings (SSSR count). The van der Waals surface area contributed by atoms with Gasteiger partial charge < -0.3 is 5.32 Å². The smallest absolute Gasteiger partial charge is 0.153 e. The average Bonchev–Trinajstić information content (AvgIpc) is 3.01. The van der Waals surface area contributed by atoms with Gasteiger partial charge in [0, 0.05) is 18.9 Å². The summed E-state index contributed by atoms with van der Waals surface area (Å²) >= 11 is 0. The van der Waals surface area contributed by atoms with Crippen LogP contribution in [0.5, 0.6) is 0 Å². The summed E-state index contributed by atoms with van der Waals surface area (Å²) in [5.74, 6) is 0.816. The summed E-state index contributed by atoms with van der Waals surface area (Å²) in [7, 11) is 0. The first-order valence-electron chi connectivity index (χ1n) is 6.57. The summed E-state index contributed by atoms with van der Waals surface area (Å²) in [5.41, 5.74) is 3.53. The number of benzene rings is 1. The standard InChI is InChI=1S/C16H16N4/c1-13-3-5-14(6-4-13)11-17-15-7-8-16(18-12-15)20-10-2-9-19-20/h2-10,12,17H,11H2,1H3. The van der Waals surface area contributed by atoms with Crippen LogP contribution in [0.2, 0.25) is 0 Å². The van der Waals surface area contributed by atoms with E-state index in [1.165, 1.54) is 11.1 Å². The molecule has 3 aromatic rings. The minimum absolute atomic E-state index is 0.795. The number of nitrogens with zero attached hydrogens (tertiary/aromatic N) is 3. The summed E-state index contributed by atoms with van der Waals surface area (Å²) < 4.78 is 1.74. The molecular weight excluding hydrogens is 248 g/mol. The maximum absolute atomic E-state index is 4.39. The van der Waals surface area contributed by atoms with Crippen LogP contribution in [0.4, 0.5) is 5.69 Å². The van der Waals surface area contributed by atoms with Gasteiger partial charge in [0.1, 0.15) is 0 Å². The fraction of sp³-hybridized carbons (Fsp3) is 0.125. The van der Waals surface area contributed by atoms with E-state index in [9.17, 15) is 0 Å². The van der Waals surface area contributed by atoms with Crippen molar-refractivity contribution in [2.45, 2.75) is 13.5 Å². The zero-order valence-corrected chi connectivity index (χ0v) is 11.3. The monoisotopic (exact) mass is 264 g/mol. The first-order valence-corrected chi connectivity index (χ1v) is 6.57. The Morgan fingerprint density at radius 2 is 1.95 bits per heavy atom. The van der Waals surface area contributed by atoms with E-state index in [4.69, 9.17) is 0 Å². The van der Waals surface area contributed by atoms with Crippen LogP contribution in [0.1, 0.15) is 11.1 Å². The third kappa shape index (κ3) is 2.85. The van der Waals surface area contributed by atoms with Crippen LogP contribution in [-0.2, 0) is 6.54 Å². The van der Waals surface area contributed by atoms with Gasteiger partial charge in [0.05, 0.1) is 11.9 Å². The highest BCUT2D eigenvalue weighted by molar-refractivity contribution is 5.44. The van der Waals surface area contributed by atoms with Gasteiger partial charge in [-0.2, -0.15) is 5.10 Å². The molecule has 2 aromatic heterocycles. The Hall–Kier alpha value is -2.62. The highest BCUT2D eigenvalue weighted by Gasteiger charge is 1.98. The zero-order chi connectivity index (χ0) is 13.8. The Bertz CT molecular complexity index is 655. The molecule has 0 bridgehead atoms. The van der Waals surface area contributed by atoms with Crippen LogP contribution >= 0.6 is 0 Å². The summed E-state index contributed by atoms with van der Waals surface area (Å²) in [6.07, 6.45) is 5.44. The summed E-state index contributed by atoms with van der Waals surface area (Å²) in [6, 6.07) is 14.3. The van der Waals surface area contributed by atoms with E-state index < -0.39 is 0 Å². The number of rotatable bonds is 4. The average molecular weight is 264 g/mol. The Labute approximate surface area is 118 Å². The fourth-order valence-corrected chi connectivity index (χ4v) is 1.94. The molecule has 0 aliphatic rings. The normalized spacial score (nSPS) is 10.4. The molecule has 100 valence electrons. The first-order chi connectivity index (χ1) is 9.81. The molecule has 20 heavy (non-hydrogen) atoms. The second kappa shape index (κ2) is 5.57. The van der Waals surface area contributed by atoms with Gasteiger partial charge in [-0.3, -0.25) is 0 Å². The molecule has 2 heterocycles. The van der Waals surface area contributed by atoms with Gasteiger partial charge in [-0.05, 0) is 30.7 Å². The van der Waals surface area contributed by atoms with Gasteiger partial charge in [0.15, 0.2) is 5.82 Å². The van der Waals surface area contributed by atoms with Gasteiger partial charge in [-0.15, -0.1) is 0 Å². The highest BCUT2D eigenvalue weighted by Crippen LogP contribution is 2.11. The van der Waals surface area contributed by atoms with Crippen LogP contribution in [0.3, 0.4) is 0 Å². The number of hydrogen-bond acceptors (Lipinski definition) is 3. The zero-order valence-electron chi connectivity index (χ0n) is 11.3. The van der Waals surface area contributed by atoms with Gasteiger partial charge in [0.25, 0.3) is 0 Å². The SMILES string of the molecule is Cc1ccc(CNc2ccc(-n3cccn3)nc2)cc1. The maximum Gasteiger partial charge on any atom is 0.153 e. The van der Waals surface area contributed by atoms with E-state index in [2.05, 4.69) is 46.6 Å². The van der Waals surface area contributed by atoms with Crippen molar-refractivity contribution in [3.63, 3.8) is 0 Å². The molecule has 0 atom stereocenters. The largest absolute Gasteiger partial charge is 0.380 e. The van der Waals surface area contributed by atoms with E-state index in [-0.39, 0.29) is 0 Å². The lowest BCUT2D eigenvalue weighted by atomic mass is 10.1. The van der Waals surface area contributed by atoms with Gasteiger partial charge in [-0.1, -0.05) is 29.8 Å². The summed E-state index contributed by atoms with van der Waals surface area (Å²) in [6.45, 7) is 2.89. The highest BCUT2D eigenvalue weighted by atomic mass is 15.3. The van der Waals surface area contributed by atoms with Crippen molar-refractivity contribution in [2.75, 3.05) is 5.32 Å². The summed E-state index contributed by atoms with van der Waals surface area (Å²) in [5, 5.41) is 7.51. The lowest BCUT2D eigenvalue weighted by Gasteiger charge is -2.07. The van der Waals surface area contributed by atoms with E-state index >= 15 is 0 Å². The lowest BCUT2D eigenvalue weighted by molar-refractivity contribution is 0.847. The van der Waals surface area contributed by atoms with Gasteiger partial charge in [-0.25, -0.2) is 9.67 Å². The van der Waals surface area contributed by atoms with Crippen LogP contribution < -0.4 is 5.32 Å². The predicted octanol–water partition coefficient (Wildman–Crippen LogP) is 3.19. The van der Waals surface area contributed by atoms with E-state index in [1.54, 1.807) is 10.9 Å². The van der Waals surface area contributed by atoms with Crippen LogP contribution in [-0.4, -0.2) is 14.8 Å². The molecule has 1 N–H and O–H groups in total. The number of aromatic nitrogens is 3. The molecular formula is C16H16N4. The molecule has 0 amide bonds. The molecule has 0 saturated carbocycles. The summed E-state index contributed by atoms with van der Waals surface area (Å²) in [4.78, 5) is 4.39. The Balaban J connectivity index is 1.65. The van der Waals surface area contributed by atoms with E-state index in [0.717, 1.165) is 18.1 Å². The molecule has 0 aliphatic heterocycles. The third-order valence-electron chi connectivity index (χ3n) is 3.10. The number of aryl methyl sites for hydroxylation is 1. The second-order valence-corrected chi connectivity index (χ2v) is 4.69. The number of hydrogen-bond donors (Lipinski definition) is 1. The van der Waals surface area contributed by atoms with Crippen LogP contribution in [0.25, 0.3) is 5.82 Å². The maximum atomic E-state index is 4.39. The Morgan fingerprint density at radius 1 is 1.10 bits per heavy atom. The van der Waals surface area contributed by atoms with Crippen molar-refractivity contribution in [1.82, 2.24) is 14.8 Å². The molecule has 0 fully saturated rings. The van der Waals surface area contributed by atoms with Crippen molar-refractivity contribution in [1.29, 1.82) is 0 Å². The first kappa shape index (κ1) is 12.4. The minimum Gasteiger partial charge on any atom is -0.380 e. The molecule has 0 saturated heterocycles. The predicted molar refractivity (Wildman–Crippen MR) is 79.9 cm³/mol. The van der Waals surface area contributed by atoms with E-state index in [0.29, 0.717) is 0 Å². The number of pyridine rings is 1. The molecule has 4 heteroatoms.